The molecule has 0 amide bonds. The van der Waals surface area contributed by atoms with Crippen molar-refractivity contribution in [3.05, 3.63) is 0 Å². The average Bonchev–Trinajstić information content (AvgIpc) is 2.63. The molecule has 2 fully saturated rings. The first-order chi connectivity index (χ1) is 12.6. The minimum atomic E-state index is 0. The normalized spacial score (nSPS) is 19.6. The van der Waals surface area contributed by atoms with Crippen LogP contribution < -0.4 is 0 Å². The molecule has 28 heavy (non-hydrogen) atoms. The minimum Gasteiger partial charge on any atom is -0.300 e. The van der Waals surface area contributed by atoms with Crippen LogP contribution >= 0.6 is 56.7 Å². The van der Waals surface area contributed by atoms with Gasteiger partial charge in [0.05, 0.1) is 13.1 Å². The van der Waals surface area contributed by atoms with Crippen molar-refractivity contribution in [2.45, 2.75) is 12.8 Å². The number of nitrogens with zero attached hydrogens (tertiary/aromatic N) is 4. The second kappa shape index (κ2) is 16.4. The molecule has 0 aromatic carbocycles. The Morgan fingerprint density at radius 3 is 1.14 bits per heavy atom. The van der Waals surface area contributed by atoms with Gasteiger partial charge in [0.25, 0.3) is 0 Å². The lowest BCUT2D eigenvalue weighted by atomic mass is 10.2. The fourth-order valence-corrected chi connectivity index (χ4v) is 4.38. The summed E-state index contributed by atoms with van der Waals surface area (Å²) in [5.74, 6) is 0.672. The Kier molecular flexibility index (Phi) is 16.8. The minimum absolute atomic E-state index is 0. The lowest BCUT2D eigenvalue weighted by Crippen LogP contribution is -2.52. The van der Waals surface area contributed by atoms with Crippen LogP contribution in [0.1, 0.15) is 12.8 Å². The van der Waals surface area contributed by atoms with E-state index in [2.05, 4.69) is 51.5 Å². The molecule has 2 heterocycles. The molecule has 0 aliphatic carbocycles. The molecule has 0 atom stereocenters. The number of Topliss-reactive ketones (excluding diaryl/α,β-unsaturated/α-hetero) is 2. The summed E-state index contributed by atoms with van der Waals surface area (Å²) in [5.41, 5.74) is 0. The summed E-state index contributed by atoms with van der Waals surface area (Å²) in [4.78, 5) is 33.1. The maximum atomic E-state index is 11.7. The lowest BCUT2D eigenvalue weighted by Gasteiger charge is -2.38. The smallest absolute Gasteiger partial charge is 0.147 e. The molecule has 0 unspecified atom stereocenters. The van der Waals surface area contributed by atoms with E-state index in [0.717, 1.165) is 76.1 Å². The van der Waals surface area contributed by atoms with Crippen LogP contribution in [0.2, 0.25) is 0 Å². The van der Waals surface area contributed by atoms with Crippen LogP contribution in [0.4, 0.5) is 0 Å². The van der Waals surface area contributed by atoms with Crippen molar-refractivity contribution in [2.75, 3.05) is 89.2 Å². The van der Waals surface area contributed by atoms with Gasteiger partial charge in [0.2, 0.25) is 0 Å². The van der Waals surface area contributed by atoms with E-state index >= 15 is 0 Å². The molecular formula is C18H34Br2Cl2N4O2. The zero-order chi connectivity index (χ0) is 18.8. The van der Waals surface area contributed by atoms with Crippen molar-refractivity contribution < 1.29 is 9.59 Å². The van der Waals surface area contributed by atoms with E-state index in [4.69, 9.17) is 0 Å². The molecule has 2 saturated heterocycles. The summed E-state index contributed by atoms with van der Waals surface area (Å²) >= 11 is 6.66. The fraction of sp³-hybridized carbons (Fsp3) is 0.889. The highest BCUT2D eigenvalue weighted by Gasteiger charge is 2.21. The highest BCUT2D eigenvalue weighted by atomic mass is 79.9. The number of carbonyl (C=O) groups excluding carboxylic acids is 2. The van der Waals surface area contributed by atoms with Gasteiger partial charge in [-0.15, -0.1) is 24.8 Å². The summed E-state index contributed by atoms with van der Waals surface area (Å²) in [7, 11) is 0. The van der Waals surface area contributed by atoms with Crippen LogP contribution in [-0.2, 0) is 9.59 Å². The van der Waals surface area contributed by atoms with Gasteiger partial charge in [0, 0.05) is 88.9 Å². The Morgan fingerprint density at radius 1 is 0.571 bits per heavy atom. The summed E-state index contributed by atoms with van der Waals surface area (Å²) in [6.07, 6.45) is 1.27. The number of alkyl halides is 2. The highest BCUT2D eigenvalue weighted by Crippen LogP contribution is 2.06. The topological polar surface area (TPSA) is 47.1 Å². The molecule has 166 valence electrons. The van der Waals surface area contributed by atoms with Crippen molar-refractivity contribution in [3.63, 3.8) is 0 Å². The van der Waals surface area contributed by atoms with Crippen LogP contribution in [0.5, 0.6) is 0 Å². The predicted octanol–water partition coefficient (Wildman–Crippen LogP) is 1.77. The van der Waals surface area contributed by atoms with Crippen molar-refractivity contribution in [2.24, 2.45) is 0 Å². The Bertz CT molecular complexity index is 407. The van der Waals surface area contributed by atoms with Crippen LogP contribution in [0.25, 0.3) is 0 Å². The van der Waals surface area contributed by atoms with Crippen molar-refractivity contribution in [1.29, 1.82) is 0 Å². The lowest BCUT2D eigenvalue weighted by molar-refractivity contribution is -0.121. The van der Waals surface area contributed by atoms with E-state index in [1.807, 2.05) is 0 Å². The van der Waals surface area contributed by atoms with Crippen LogP contribution in [0.15, 0.2) is 0 Å². The fourth-order valence-electron chi connectivity index (χ4n) is 3.49. The molecule has 0 radical (unpaired) electrons. The van der Waals surface area contributed by atoms with Gasteiger partial charge in [-0.3, -0.25) is 29.2 Å². The Morgan fingerprint density at radius 2 is 0.857 bits per heavy atom. The summed E-state index contributed by atoms with van der Waals surface area (Å²) in [5, 5.41) is 1.54. The van der Waals surface area contributed by atoms with E-state index in [1.165, 1.54) is 0 Å². The average molecular weight is 569 g/mol. The summed E-state index contributed by atoms with van der Waals surface area (Å²) in [6.45, 7) is 11.6. The Labute approximate surface area is 198 Å². The molecule has 0 spiro atoms. The van der Waals surface area contributed by atoms with Gasteiger partial charge in [0.1, 0.15) is 11.6 Å². The second-order valence-corrected chi connectivity index (χ2v) is 8.78. The quantitative estimate of drug-likeness (QED) is 0.354. The zero-order valence-electron chi connectivity index (χ0n) is 16.5. The van der Waals surface area contributed by atoms with Gasteiger partial charge < -0.3 is 0 Å². The maximum Gasteiger partial charge on any atom is 0.147 e. The first-order valence-corrected chi connectivity index (χ1v) is 11.9. The largest absolute Gasteiger partial charge is 0.300 e. The number of carbonyl (C=O) groups is 2. The van der Waals surface area contributed by atoms with Gasteiger partial charge in [-0.05, 0) is 0 Å². The second-order valence-electron chi connectivity index (χ2n) is 7.19. The molecule has 0 aromatic heterocycles. The summed E-state index contributed by atoms with van der Waals surface area (Å²) in [6, 6.07) is 0. The predicted molar refractivity (Wildman–Crippen MR) is 127 cm³/mol. The molecular weight excluding hydrogens is 535 g/mol. The van der Waals surface area contributed by atoms with Crippen LogP contribution in [0.3, 0.4) is 0 Å². The third kappa shape index (κ3) is 11.2. The molecule has 0 aromatic rings. The van der Waals surface area contributed by atoms with Crippen molar-refractivity contribution >= 4 is 68.2 Å². The zero-order valence-corrected chi connectivity index (χ0v) is 21.3. The van der Waals surface area contributed by atoms with Gasteiger partial charge in [-0.25, -0.2) is 0 Å². The Balaban J connectivity index is 0.00000364. The molecule has 0 N–H and O–H groups in total. The molecule has 2 rings (SSSR count). The Hall–Kier alpha value is 0.720. The van der Waals surface area contributed by atoms with E-state index in [0.29, 0.717) is 37.5 Å². The molecule has 6 nitrogen and oxygen atoms in total. The molecule has 0 saturated carbocycles. The standard InChI is InChI=1S/C18H32Br2N4O2.2ClH/c19-3-1-17(25)15-23-11-7-21(8-12-23)5-6-22-9-13-24(14-10-22)16-18(26)2-4-20;;/h1-16H2;2*1H. The van der Waals surface area contributed by atoms with E-state index in [9.17, 15) is 9.59 Å². The van der Waals surface area contributed by atoms with Crippen LogP contribution in [-0.4, -0.2) is 120 Å². The van der Waals surface area contributed by atoms with E-state index in [1.54, 1.807) is 0 Å². The third-order valence-corrected chi connectivity index (χ3v) is 6.00. The van der Waals surface area contributed by atoms with Gasteiger partial charge in [0.15, 0.2) is 0 Å². The number of piperazine rings is 2. The number of hydrogen-bond acceptors (Lipinski definition) is 6. The SMILES string of the molecule is Cl.Cl.O=C(CCBr)CN1CCN(CCN2CCN(CC(=O)CCBr)CC2)CC1. The molecule has 2 aliphatic heterocycles. The van der Waals surface area contributed by atoms with E-state index < -0.39 is 0 Å². The summed E-state index contributed by atoms with van der Waals surface area (Å²) < 4.78 is 0. The number of halogens is 4. The van der Waals surface area contributed by atoms with Gasteiger partial charge in [-0.2, -0.15) is 0 Å². The molecule has 2 aliphatic rings. The monoisotopic (exact) mass is 566 g/mol. The highest BCUT2D eigenvalue weighted by molar-refractivity contribution is 9.09. The first kappa shape index (κ1) is 28.7. The van der Waals surface area contributed by atoms with E-state index in [-0.39, 0.29) is 24.8 Å². The van der Waals surface area contributed by atoms with Gasteiger partial charge >= 0.3 is 0 Å². The number of rotatable bonds is 11. The first-order valence-electron chi connectivity index (χ1n) is 9.65. The van der Waals surface area contributed by atoms with Crippen LogP contribution in [0, 0.1) is 0 Å². The maximum absolute atomic E-state index is 11.7. The van der Waals surface area contributed by atoms with Gasteiger partial charge in [-0.1, -0.05) is 31.9 Å². The number of ketones is 2. The van der Waals surface area contributed by atoms with Crippen molar-refractivity contribution in [3.8, 4) is 0 Å². The number of hydrogen-bond donors (Lipinski definition) is 0. The molecule has 0 bridgehead atoms. The van der Waals surface area contributed by atoms with Crippen molar-refractivity contribution in [1.82, 2.24) is 19.6 Å². The third-order valence-electron chi connectivity index (χ3n) is 5.21. The molecule has 10 heteroatoms.